The average molecular weight is 276 g/mol. The summed E-state index contributed by atoms with van der Waals surface area (Å²) in [5.41, 5.74) is 1.45. The van der Waals surface area contributed by atoms with Crippen LogP contribution in [0.5, 0.6) is 0 Å². The summed E-state index contributed by atoms with van der Waals surface area (Å²) < 4.78 is 0. The maximum absolute atomic E-state index is 11.3. The van der Waals surface area contributed by atoms with E-state index in [0.717, 1.165) is 25.1 Å². The van der Waals surface area contributed by atoms with Gasteiger partial charge in [0, 0.05) is 18.7 Å². The number of nitro benzene ring substituents is 1. The molecule has 108 valence electrons. The number of nitro groups is 1. The summed E-state index contributed by atoms with van der Waals surface area (Å²) in [6, 6.07) is 5.56. The molecule has 0 spiro atoms. The molecule has 2 unspecified atom stereocenters. The number of fused-ring (bicyclic) bond motifs is 1. The van der Waals surface area contributed by atoms with Gasteiger partial charge in [-0.25, -0.2) is 0 Å². The monoisotopic (exact) mass is 276 g/mol. The van der Waals surface area contributed by atoms with Crippen LogP contribution >= 0.6 is 0 Å². The fraction of sp³-hybridized carbons (Fsp3) is 0.600. The van der Waals surface area contributed by atoms with Crippen LogP contribution in [0.3, 0.4) is 0 Å². The number of hydrogen-bond donors (Lipinski definition) is 1. The second-order valence-corrected chi connectivity index (χ2v) is 5.83. The lowest BCUT2D eigenvalue weighted by atomic mass is 9.85. The van der Waals surface area contributed by atoms with Crippen molar-refractivity contribution in [2.75, 3.05) is 11.4 Å². The van der Waals surface area contributed by atoms with Gasteiger partial charge in [-0.1, -0.05) is 18.9 Å². The Hall–Kier alpha value is -1.62. The Morgan fingerprint density at radius 3 is 2.85 bits per heavy atom. The Morgan fingerprint density at radius 2 is 2.10 bits per heavy atom. The molecule has 5 heteroatoms. The summed E-state index contributed by atoms with van der Waals surface area (Å²) in [4.78, 5) is 13.2. The molecule has 3 rings (SSSR count). The first-order valence-electron chi connectivity index (χ1n) is 7.35. The zero-order valence-electron chi connectivity index (χ0n) is 11.5. The third kappa shape index (κ3) is 2.26. The maximum atomic E-state index is 11.3. The number of aliphatic hydroxyl groups is 1. The van der Waals surface area contributed by atoms with Crippen molar-refractivity contribution in [3.05, 3.63) is 33.9 Å². The van der Waals surface area contributed by atoms with E-state index in [-0.39, 0.29) is 17.2 Å². The van der Waals surface area contributed by atoms with E-state index in [1.807, 2.05) is 0 Å². The van der Waals surface area contributed by atoms with Gasteiger partial charge in [0.05, 0.1) is 11.5 Å². The van der Waals surface area contributed by atoms with Crippen molar-refractivity contribution in [2.45, 2.75) is 44.8 Å². The molecular formula is C15H20N2O3. The van der Waals surface area contributed by atoms with Crippen LogP contribution in [-0.2, 0) is 6.61 Å². The number of nitrogens with zero attached hydrogens (tertiary/aromatic N) is 2. The molecule has 0 amide bonds. The lowest BCUT2D eigenvalue weighted by Gasteiger charge is -2.32. The van der Waals surface area contributed by atoms with Gasteiger partial charge in [-0.2, -0.15) is 0 Å². The summed E-state index contributed by atoms with van der Waals surface area (Å²) in [7, 11) is 0. The average Bonchev–Trinajstić information content (AvgIpc) is 2.90. The molecule has 1 heterocycles. The summed E-state index contributed by atoms with van der Waals surface area (Å²) in [6.45, 7) is 0.752. The summed E-state index contributed by atoms with van der Waals surface area (Å²) >= 11 is 0. The minimum Gasteiger partial charge on any atom is -0.392 e. The van der Waals surface area contributed by atoms with Crippen LogP contribution < -0.4 is 4.90 Å². The maximum Gasteiger partial charge on any atom is 0.292 e. The van der Waals surface area contributed by atoms with Crippen molar-refractivity contribution < 1.29 is 10.0 Å². The van der Waals surface area contributed by atoms with Gasteiger partial charge in [-0.3, -0.25) is 10.1 Å². The van der Waals surface area contributed by atoms with Crippen LogP contribution in [0.4, 0.5) is 11.4 Å². The minimum atomic E-state index is -0.329. The van der Waals surface area contributed by atoms with Crippen LogP contribution in [0.15, 0.2) is 18.2 Å². The molecule has 0 radical (unpaired) electrons. The van der Waals surface area contributed by atoms with E-state index < -0.39 is 0 Å². The molecule has 2 fully saturated rings. The topological polar surface area (TPSA) is 66.6 Å². The third-order valence-corrected chi connectivity index (χ3v) is 4.74. The van der Waals surface area contributed by atoms with E-state index in [2.05, 4.69) is 4.90 Å². The van der Waals surface area contributed by atoms with E-state index in [1.165, 1.54) is 25.3 Å². The number of anilines is 1. The predicted molar refractivity (Wildman–Crippen MR) is 76.7 cm³/mol. The molecule has 2 aliphatic rings. The number of hydrogen-bond acceptors (Lipinski definition) is 4. The normalized spacial score (nSPS) is 25.6. The van der Waals surface area contributed by atoms with Crippen LogP contribution in [-0.4, -0.2) is 22.6 Å². The van der Waals surface area contributed by atoms with Gasteiger partial charge in [0.2, 0.25) is 0 Å². The molecule has 1 aliphatic heterocycles. The number of aliphatic hydroxyl groups excluding tert-OH is 1. The number of benzene rings is 1. The van der Waals surface area contributed by atoms with E-state index >= 15 is 0 Å². The first kappa shape index (κ1) is 13.4. The Bertz CT molecular complexity index is 518. The molecule has 1 N–H and O–H groups in total. The summed E-state index contributed by atoms with van der Waals surface area (Å²) in [5.74, 6) is 0.695. The van der Waals surface area contributed by atoms with Gasteiger partial charge in [0.1, 0.15) is 5.69 Å². The van der Waals surface area contributed by atoms with Crippen molar-refractivity contribution in [1.29, 1.82) is 0 Å². The highest BCUT2D eigenvalue weighted by Gasteiger charge is 2.38. The molecule has 1 aromatic carbocycles. The molecule has 0 bridgehead atoms. The Kier molecular flexibility index (Phi) is 3.61. The lowest BCUT2D eigenvalue weighted by Crippen LogP contribution is -2.35. The zero-order valence-corrected chi connectivity index (χ0v) is 11.5. The highest BCUT2D eigenvalue weighted by molar-refractivity contribution is 5.65. The van der Waals surface area contributed by atoms with Crippen LogP contribution in [0, 0.1) is 16.0 Å². The number of rotatable bonds is 3. The fourth-order valence-corrected chi connectivity index (χ4v) is 3.76. The van der Waals surface area contributed by atoms with Crippen LogP contribution in [0.25, 0.3) is 0 Å². The largest absolute Gasteiger partial charge is 0.392 e. The Balaban J connectivity index is 1.95. The fourth-order valence-electron chi connectivity index (χ4n) is 3.76. The third-order valence-electron chi connectivity index (χ3n) is 4.74. The minimum absolute atomic E-state index is 0.128. The molecule has 0 aromatic heterocycles. The molecule has 2 atom stereocenters. The SMILES string of the molecule is O=[N+]([O-])c1cc(CO)ccc1N1CCC2CCCCC21. The van der Waals surface area contributed by atoms with Crippen LogP contribution in [0.2, 0.25) is 0 Å². The summed E-state index contributed by atoms with van der Waals surface area (Å²) in [5, 5.41) is 20.5. The van der Waals surface area contributed by atoms with Crippen LogP contribution in [0.1, 0.15) is 37.7 Å². The highest BCUT2D eigenvalue weighted by Crippen LogP contribution is 2.41. The smallest absolute Gasteiger partial charge is 0.292 e. The molecule has 1 saturated heterocycles. The highest BCUT2D eigenvalue weighted by atomic mass is 16.6. The van der Waals surface area contributed by atoms with Gasteiger partial charge < -0.3 is 10.0 Å². The molecule has 1 saturated carbocycles. The molecule has 1 aliphatic carbocycles. The first-order valence-corrected chi connectivity index (χ1v) is 7.35. The Labute approximate surface area is 118 Å². The van der Waals surface area contributed by atoms with Crippen molar-refractivity contribution >= 4 is 11.4 Å². The second kappa shape index (κ2) is 5.40. The van der Waals surface area contributed by atoms with E-state index in [9.17, 15) is 10.1 Å². The Morgan fingerprint density at radius 1 is 1.30 bits per heavy atom. The molecule has 1 aromatic rings. The van der Waals surface area contributed by atoms with E-state index in [1.54, 1.807) is 12.1 Å². The standard InChI is InChI=1S/C15H20N2O3/c18-10-11-5-6-14(15(9-11)17(19)20)16-8-7-12-3-1-2-4-13(12)16/h5-6,9,12-13,18H,1-4,7-8,10H2. The van der Waals surface area contributed by atoms with E-state index in [4.69, 9.17) is 5.11 Å². The van der Waals surface area contributed by atoms with Gasteiger partial charge >= 0.3 is 0 Å². The van der Waals surface area contributed by atoms with Gasteiger partial charge in [0.25, 0.3) is 5.69 Å². The van der Waals surface area contributed by atoms with Gasteiger partial charge in [-0.15, -0.1) is 0 Å². The zero-order chi connectivity index (χ0) is 14.1. The van der Waals surface area contributed by atoms with Gasteiger partial charge in [-0.05, 0) is 36.8 Å². The van der Waals surface area contributed by atoms with Crippen molar-refractivity contribution in [1.82, 2.24) is 0 Å². The second-order valence-electron chi connectivity index (χ2n) is 5.83. The van der Waals surface area contributed by atoms with E-state index in [0.29, 0.717) is 17.5 Å². The molecule has 5 nitrogen and oxygen atoms in total. The summed E-state index contributed by atoms with van der Waals surface area (Å²) in [6.07, 6.45) is 6.05. The molecular weight excluding hydrogens is 256 g/mol. The van der Waals surface area contributed by atoms with Crippen molar-refractivity contribution in [3.8, 4) is 0 Å². The quantitative estimate of drug-likeness (QED) is 0.681. The van der Waals surface area contributed by atoms with Gasteiger partial charge in [0.15, 0.2) is 0 Å². The molecule has 20 heavy (non-hydrogen) atoms. The van der Waals surface area contributed by atoms with Crippen molar-refractivity contribution in [3.63, 3.8) is 0 Å². The van der Waals surface area contributed by atoms with Crippen molar-refractivity contribution in [2.24, 2.45) is 5.92 Å². The predicted octanol–water partition coefficient (Wildman–Crippen LogP) is 2.86. The lowest BCUT2D eigenvalue weighted by molar-refractivity contribution is -0.384. The first-order chi connectivity index (χ1) is 9.70.